The highest BCUT2D eigenvalue weighted by Gasteiger charge is 2.07. The molecule has 1 aromatic carbocycles. The summed E-state index contributed by atoms with van der Waals surface area (Å²) in [5, 5.41) is 9.40. The first-order chi connectivity index (χ1) is 8.67. The van der Waals surface area contributed by atoms with E-state index in [-0.39, 0.29) is 6.10 Å². The van der Waals surface area contributed by atoms with Gasteiger partial charge in [-0.25, -0.2) is 0 Å². The molecule has 0 aliphatic heterocycles. The van der Waals surface area contributed by atoms with Gasteiger partial charge < -0.3 is 14.6 Å². The third-order valence-electron chi connectivity index (χ3n) is 2.76. The van der Waals surface area contributed by atoms with Gasteiger partial charge in [-0.1, -0.05) is 25.8 Å². The number of ether oxygens (including phenoxy) is 2. The summed E-state index contributed by atoms with van der Waals surface area (Å²) in [6.07, 6.45) is 3.71. The lowest BCUT2D eigenvalue weighted by atomic mass is 10.1. The lowest BCUT2D eigenvalue weighted by Gasteiger charge is -2.13. The van der Waals surface area contributed by atoms with E-state index in [1.807, 2.05) is 18.2 Å². The average Bonchev–Trinajstić information content (AvgIpc) is 2.34. The van der Waals surface area contributed by atoms with E-state index in [1.54, 1.807) is 14.0 Å². The number of unbranched alkanes of at least 4 members (excludes halogenated alkanes) is 2. The van der Waals surface area contributed by atoms with Crippen molar-refractivity contribution >= 4 is 0 Å². The molecule has 1 atom stereocenters. The maximum atomic E-state index is 9.40. The van der Waals surface area contributed by atoms with E-state index in [1.165, 1.54) is 12.8 Å². The van der Waals surface area contributed by atoms with Crippen LogP contribution in [0.1, 0.15) is 38.7 Å². The van der Waals surface area contributed by atoms with Gasteiger partial charge >= 0.3 is 0 Å². The van der Waals surface area contributed by atoms with Gasteiger partial charge in [-0.3, -0.25) is 0 Å². The highest BCUT2D eigenvalue weighted by atomic mass is 16.5. The van der Waals surface area contributed by atoms with Crippen molar-refractivity contribution in [3.05, 3.63) is 23.8 Å². The Bertz CT molecular complexity index is 348. The minimum atomic E-state index is -0.341. The Hall–Kier alpha value is -1.22. The summed E-state index contributed by atoms with van der Waals surface area (Å²) < 4.78 is 11.0. The van der Waals surface area contributed by atoms with Gasteiger partial charge in [0.25, 0.3) is 0 Å². The molecule has 0 saturated carbocycles. The van der Waals surface area contributed by atoms with Crippen LogP contribution in [0.3, 0.4) is 0 Å². The maximum Gasteiger partial charge on any atom is 0.161 e. The van der Waals surface area contributed by atoms with Gasteiger partial charge in [0.05, 0.1) is 19.8 Å². The van der Waals surface area contributed by atoms with E-state index in [0.717, 1.165) is 23.5 Å². The highest BCUT2D eigenvalue weighted by molar-refractivity contribution is 5.43. The number of aliphatic hydroxyl groups is 1. The largest absolute Gasteiger partial charge is 0.493 e. The lowest BCUT2D eigenvalue weighted by molar-refractivity contribution is 0.195. The quantitative estimate of drug-likeness (QED) is 0.722. The van der Waals surface area contributed by atoms with Crippen LogP contribution in [0.2, 0.25) is 0 Å². The Morgan fingerprint density at radius 2 is 2.00 bits per heavy atom. The minimum Gasteiger partial charge on any atom is -0.493 e. The van der Waals surface area contributed by atoms with Crippen LogP contribution in [-0.2, 0) is 6.42 Å². The molecule has 0 heterocycles. The van der Waals surface area contributed by atoms with E-state index in [4.69, 9.17) is 9.47 Å². The monoisotopic (exact) mass is 252 g/mol. The maximum absolute atomic E-state index is 9.40. The number of benzene rings is 1. The van der Waals surface area contributed by atoms with E-state index < -0.39 is 0 Å². The molecule has 1 unspecified atom stereocenters. The van der Waals surface area contributed by atoms with E-state index >= 15 is 0 Å². The fourth-order valence-corrected chi connectivity index (χ4v) is 1.84. The van der Waals surface area contributed by atoms with Crippen LogP contribution in [0.15, 0.2) is 18.2 Å². The Balaban J connectivity index is 2.66. The molecule has 1 rings (SSSR count). The zero-order valence-corrected chi connectivity index (χ0v) is 11.6. The number of rotatable bonds is 8. The van der Waals surface area contributed by atoms with E-state index in [2.05, 4.69) is 6.92 Å². The van der Waals surface area contributed by atoms with Crippen LogP contribution < -0.4 is 9.47 Å². The third kappa shape index (κ3) is 4.96. The number of aliphatic hydroxyl groups excluding tert-OH is 1. The van der Waals surface area contributed by atoms with Crippen LogP contribution in [0, 0.1) is 0 Å². The molecular formula is C15H24O3. The van der Waals surface area contributed by atoms with Crippen LogP contribution in [0.5, 0.6) is 11.5 Å². The van der Waals surface area contributed by atoms with E-state index in [0.29, 0.717) is 13.0 Å². The predicted molar refractivity (Wildman–Crippen MR) is 73.4 cm³/mol. The van der Waals surface area contributed by atoms with Crippen LogP contribution in [0.25, 0.3) is 0 Å². The summed E-state index contributed by atoms with van der Waals surface area (Å²) in [5.74, 6) is 1.52. The third-order valence-corrected chi connectivity index (χ3v) is 2.76. The summed E-state index contributed by atoms with van der Waals surface area (Å²) in [7, 11) is 1.64. The van der Waals surface area contributed by atoms with Crippen molar-refractivity contribution in [2.75, 3.05) is 13.7 Å². The topological polar surface area (TPSA) is 38.7 Å². The first kappa shape index (κ1) is 14.8. The van der Waals surface area contributed by atoms with E-state index in [9.17, 15) is 5.11 Å². The average molecular weight is 252 g/mol. The SMILES string of the molecule is CCCCCOc1cc(CC(C)O)ccc1OC. The molecule has 0 aliphatic rings. The Kier molecular flexibility index (Phi) is 6.58. The molecule has 1 aromatic rings. The molecule has 0 spiro atoms. The number of hydrogen-bond donors (Lipinski definition) is 1. The first-order valence-corrected chi connectivity index (χ1v) is 6.65. The van der Waals surface area contributed by atoms with Gasteiger partial charge in [0.2, 0.25) is 0 Å². The second-order valence-electron chi connectivity index (χ2n) is 4.59. The van der Waals surface area contributed by atoms with Crippen LogP contribution in [0.4, 0.5) is 0 Å². The van der Waals surface area contributed by atoms with Crippen molar-refractivity contribution < 1.29 is 14.6 Å². The van der Waals surface area contributed by atoms with Gasteiger partial charge in [0.1, 0.15) is 0 Å². The molecule has 3 nitrogen and oxygen atoms in total. The van der Waals surface area contributed by atoms with Gasteiger partial charge in [-0.15, -0.1) is 0 Å². The fourth-order valence-electron chi connectivity index (χ4n) is 1.84. The summed E-state index contributed by atoms with van der Waals surface area (Å²) >= 11 is 0. The standard InChI is InChI=1S/C15H24O3/c1-4-5-6-9-18-15-11-13(10-12(2)16)7-8-14(15)17-3/h7-8,11-12,16H,4-6,9-10H2,1-3H3. The van der Waals surface area contributed by atoms with Crippen molar-refractivity contribution in [3.8, 4) is 11.5 Å². The second-order valence-corrected chi connectivity index (χ2v) is 4.59. The predicted octanol–water partition coefficient (Wildman–Crippen LogP) is 3.19. The normalized spacial score (nSPS) is 12.2. The molecule has 0 bridgehead atoms. The summed E-state index contributed by atoms with van der Waals surface area (Å²) in [6, 6.07) is 5.81. The zero-order chi connectivity index (χ0) is 13.4. The van der Waals surface area contributed by atoms with Crippen molar-refractivity contribution in [1.29, 1.82) is 0 Å². The Morgan fingerprint density at radius 3 is 2.61 bits per heavy atom. The molecule has 0 aromatic heterocycles. The molecule has 0 radical (unpaired) electrons. The van der Waals surface area contributed by atoms with Crippen molar-refractivity contribution in [3.63, 3.8) is 0 Å². The summed E-state index contributed by atoms with van der Waals surface area (Å²) in [6.45, 7) is 4.66. The van der Waals surface area contributed by atoms with Gasteiger partial charge in [-0.2, -0.15) is 0 Å². The lowest BCUT2D eigenvalue weighted by Crippen LogP contribution is -2.05. The smallest absolute Gasteiger partial charge is 0.161 e. The van der Waals surface area contributed by atoms with Crippen molar-refractivity contribution in [2.24, 2.45) is 0 Å². The molecule has 0 amide bonds. The second kappa shape index (κ2) is 7.98. The molecule has 0 fully saturated rings. The van der Waals surface area contributed by atoms with Crippen molar-refractivity contribution in [1.82, 2.24) is 0 Å². The van der Waals surface area contributed by atoms with Gasteiger partial charge in [-0.05, 0) is 37.5 Å². The van der Waals surface area contributed by atoms with Crippen molar-refractivity contribution in [2.45, 2.75) is 45.6 Å². The molecule has 3 heteroatoms. The summed E-state index contributed by atoms with van der Waals surface area (Å²) in [4.78, 5) is 0. The number of methoxy groups -OCH3 is 1. The Morgan fingerprint density at radius 1 is 1.22 bits per heavy atom. The molecule has 18 heavy (non-hydrogen) atoms. The first-order valence-electron chi connectivity index (χ1n) is 6.65. The molecule has 0 saturated heterocycles. The van der Waals surface area contributed by atoms with Gasteiger partial charge in [0.15, 0.2) is 11.5 Å². The minimum absolute atomic E-state index is 0.341. The highest BCUT2D eigenvalue weighted by Crippen LogP contribution is 2.28. The molecular weight excluding hydrogens is 228 g/mol. The van der Waals surface area contributed by atoms with Gasteiger partial charge in [0, 0.05) is 0 Å². The molecule has 0 aliphatic carbocycles. The zero-order valence-electron chi connectivity index (χ0n) is 11.6. The summed E-state index contributed by atoms with van der Waals surface area (Å²) in [5.41, 5.74) is 1.07. The fraction of sp³-hybridized carbons (Fsp3) is 0.600. The van der Waals surface area contributed by atoms with Crippen LogP contribution in [-0.4, -0.2) is 24.9 Å². The molecule has 102 valence electrons. The Labute approximate surface area is 110 Å². The van der Waals surface area contributed by atoms with Crippen LogP contribution >= 0.6 is 0 Å². The number of hydrogen-bond acceptors (Lipinski definition) is 3. The molecule has 1 N–H and O–H groups in total.